The van der Waals surface area contributed by atoms with Crippen molar-refractivity contribution in [1.29, 1.82) is 0 Å². The fraction of sp³-hybridized carbons (Fsp3) is 0.500. The third-order valence-corrected chi connectivity index (χ3v) is 5.34. The van der Waals surface area contributed by atoms with E-state index >= 15 is 0 Å². The Morgan fingerprint density at radius 2 is 1.76 bits per heavy atom. The SMILES string of the molecule is CC(C)(C)OC(=O)N1CCC(c2ccc(CCCc3ccccc3)[nH]c2=O)CC1. The molecule has 1 saturated heterocycles. The van der Waals surface area contributed by atoms with Crippen molar-refractivity contribution >= 4 is 6.09 Å². The van der Waals surface area contributed by atoms with Crippen molar-refractivity contribution in [2.24, 2.45) is 0 Å². The van der Waals surface area contributed by atoms with Crippen LogP contribution >= 0.6 is 0 Å². The molecule has 0 atom stereocenters. The normalized spacial score (nSPS) is 15.3. The van der Waals surface area contributed by atoms with E-state index in [9.17, 15) is 9.59 Å². The number of nitrogens with zero attached hydrogens (tertiary/aromatic N) is 1. The lowest BCUT2D eigenvalue weighted by Crippen LogP contribution is -2.41. The van der Waals surface area contributed by atoms with Crippen molar-refractivity contribution < 1.29 is 9.53 Å². The van der Waals surface area contributed by atoms with Crippen molar-refractivity contribution in [3.05, 3.63) is 69.6 Å². The van der Waals surface area contributed by atoms with Crippen LogP contribution < -0.4 is 5.56 Å². The molecule has 0 unspecified atom stereocenters. The van der Waals surface area contributed by atoms with Gasteiger partial charge in [0, 0.05) is 24.3 Å². The molecule has 2 aromatic rings. The Labute approximate surface area is 173 Å². The summed E-state index contributed by atoms with van der Waals surface area (Å²) in [5.41, 5.74) is 2.67. The molecule has 1 aromatic carbocycles. The Balaban J connectivity index is 1.52. The van der Waals surface area contributed by atoms with E-state index in [-0.39, 0.29) is 17.6 Å². The summed E-state index contributed by atoms with van der Waals surface area (Å²) < 4.78 is 5.45. The highest BCUT2D eigenvalue weighted by Gasteiger charge is 2.28. The van der Waals surface area contributed by atoms with Gasteiger partial charge in [-0.3, -0.25) is 4.79 Å². The van der Waals surface area contributed by atoms with Crippen molar-refractivity contribution in [3.8, 4) is 0 Å². The van der Waals surface area contributed by atoms with Gasteiger partial charge in [-0.2, -0.15) is 0 Å². The summed E-state index contributed by atoms with van der Waals surface area (Å²) in [6.07, 6.45) is 4.19. The molecule has 1 aromatic heterocycles. The highest BCUT2D eigenvalue weighted by Crippen LogP contribution is 2.27. The van der Waals surface area contributed by atoms with E-state index in [0.717, 1.165) is 43.4 Å². The van der Waals surface area contributed by atoms with E-state index in [0.29, 0.717) is 13.1 Å². The Hall–Kier alpha value is -2.56. The zero-order valence-corrected chi connectivity index (χ0v) is 17.7. The van der Waals surface area contributed by atoms with Gasteiger partial charge in [0.05, 0.1) is 0 Å². The number of benzene rings is 1. The average Bonchev–Trinajstić information content (AvgIpc) is 2.68. The van der Waals surface area contributed by atoms with Crippen molar-refractivity contribution in [3.63, 3.8) is 0 Å². The van der Waals surface area contributed by atoms with Crippen molar-refractivity contribution in [1.82, 2.24) is 9.88 Å². The molecule has 0 spiro atoms. The number of pyridine rings is 1. The second kappa shape index (κ2) is 9.29. The molecule has 0 radical (unpaired) electrons. The maximum absolute atomic E-state index is 12.6. The summed E-state index contributed by atoms with van der Waals surface area (Å²) >= 11 is 0. The van der Waals surface area contributed by atoms with Crippen molar-refractivity contribution in [2.75, 3.05) is 13.1 Å². The van der Waals surface area contributed by atoms with Crippen LogP contribution in [0.15, 0.2) is 47.3 Å². The lowest BCUT2D eigenvalue weighted by Gasteiger charge is -2.33. The Kier molecular flexibility index (Phi) is 6.78. The predicted molar refractivity (Wildman–Crippen MR) is 115 cm³/mol. The van der Waals surface area contributed by atoms with Gasteiger partial charge in [0.2, 0.25) is 0 Å². The van der Waals surface area contributed by atoms with Crippen molar-refractivity contribution in [2.45, 2.75) is 64.4 Å². The molecule has 1 fully saturated rings. The number of rotatable bonds is 5. The lowest BCUT2D eigenvalue weighted by molar-refractivity contribution is 0.0204. The van der Waals surface area contributed by atoms with Gasteiger partial charge >= 0.3 is 6.09 Å². The average molecular weight is 397 g/mol. The summed E-state index contributed by atoms with van der Waals surface area (Å²) in [6, 6.07) is 14.4. The first kappa shape index (κ1) is 21.2. The van der Waals surface area contributed by atoms with Gasteiger partial charge in [0.1, 0.15) is 5.60 Å². The van der Waals surface area contributed by atoms with E-state index in [1.807, 2.05) is 39.0 Å². The van der Waals surface area contributed by atoms with Gasteiger partial charge in [-0.25, -0.2) is 4.79 Å². The third-order valence-electron chi connectivity index (χ3n) is 5.34. The fourth-order valence-corrected chi connectivity index (χ4v) is 3.82. The Morgan fingerprint density at radius 1 is 1.07 bits per heavy atom. The molecule has 5 heteroatoms. The Bertz CT molecular complexity index is 860. The molecule has 29 heavy (non-hydrogen) atoms. The minimum Gasteiger partial charge on any atom is -0.444 e. The molecular formula is C24H32N2O3. The van der Waals surface area contributed by atoms with E-state index in [4.69, 9.17) is 4.74 Å². The molecule has 2 heterocycles. The first-order valence-electron chi connectivity index (χ1n) is 10.6. The predicted octanol–water partition coefficient (Wildman–Crippen LogP) is 4.66. The zero-order valence-electron chi connectivity index (χ0n) is 17.7. The second-order valence-electron chi connectivity index (χ2n) is 8.85. The summed E-state index contributed by atoms with van der Waals surface area (Å²) in [6.45, 7) is 6.87. The van der Waals surface area contributed by atoms with E-state index in [1.165, 1.54) is 5.56 Å². The molecule has 5 nitrogen and oxygen atoms in total. The molecule has 156 valence electrons. The van der Waals surface area contributed by atoms with Crippen LogP contribution in [0.25, 0.3) is 0 Å². The number of carbonyl (C=O) groups is 1. The highest BCUT2D eigenvalue weighted by molar-refractivity contribution is 5.68. The molecule has 0 saturated carbocycles. The number of H-pyrrole nitrogens is 1. The van der Waals surface area contributed by atoms with Gasteiger partial charge in [-0.05, 0) is 70.4 Å². The van der Waals surface area contributed by atoms with E-state index < -0.39 is 5.60 Å². The number of amides is 1. The van der Waals surface area contributed by atoms with Crippen LogP contribution in [-0.4, -0.2) is 34.7 Å². The summed E-state index contributed by atoms with van der Waals surface area (Å²) in [7, 11) is 0. The molecule has 0 aliphatic carbocycles. The number of hydrogen-bond acceptors (Lipinski definition) is 3. The topological polar surface area (TPSA) is 62.4 Å². The quantitative estimate of drug-likeness (QED) is 0.799. The summed E-state index contributed by atoms with van der Waals surface area (Å²) in [5, 5.41) is 0. The highest BCUT2D eigenvalue weighted by atomic mass is 16.6. The number of piperidine rings is 1. The molecule has 3 rings (SSSR count). The third kappa shape index (κ3) is 6.21. The largest absolute Gasteiger partial charge is 0.444 e. The van der Waals surface area contributed by atoms with Crippen LogP contribution in [0.2, 0.25) is 0 Å². The van der Waals surface area contributed by atoms with Crippen LogP contribution in [0.3, 0.4) is 0 Å². The maximum atomic E-state index is 12.6. The zero-order chi connectivity index (χ0) is 20.9. The van der Waals surface area contributed by atoms with Crippen LogP contribution in [0.5, 0.6) is 0 Å². The van der Waals surface area contributed by atoms with Gasteiger partial charge in [0.25, 0.3) is 5.56 Å². The van der Waals surface area contributed by atoms with Crippen LogP contribution in [0, 0.1) is 0 Å². The molecular weight excluding hydrogens is 364 g/mol. The van der Waals surface area contributed by atoms with Crippen LogP contribution in [0.1, 0.15) is 62.8 Å². The maximum Gasteiger partial charge on any atom is 0.410 e. The lowest BCUT2D eigenvalue weighted by atomic mass is 9.90. The number of aromatic amines is 1. The fourth-order valence-electron chi connectivity index (χ4n) is 3.82. The van der Waals surface area contributed by atoms with Gasteiger partial charge in [0.15, 0.2) is 0 Å². The number of hydrogen-bond donors (Lipinski definition) is 1. The number of ether oxygens (including phenoxy) is 1. The summed E-state index contributed by atoms with van der Waals surface area (Å²) in [4.78, 5) is 29.6. The van der Waals surface area contributed by atoms with Crippen LogP contribution in [0.4, 0.5) is 4.79 Å². The molecule has 1 amide bonds. The number of nitrogens with one attached hydrogen (secondary N) is 1. The number of aromatic nitrogens is 1. The molecule has 0 bridgehead atoms. The van der Waals surface area contributed by atoms with Gasteiger partial charge < -0.3 is 14.6 Å². The van der Waals surface area contributed by atoms with Gasteiger partial charge in [-0.1, -0.05) is 36.4 Å². The van der Waals surface area contributed by atoms with E-state index in [1.54, 1.807) is 4.90 Å². The smallest absolute Gasteiger partial charge is 0.410 e. The second-order valence-corrected chi connectivity index (χ2v) is 8.85. The molecule has 1 N–H and O–H groups in total. The Morgan fingerprint density at radius 3 is 2.38 bits per heavy atom. The standard InChI is InChI=1S/C24H32N2O3/c1-24(2,3)29-23(28)26-16-14-19(15-17-26)21-13-12-20(25-22(21)27)11-7-10-18-8-5-4-6-9-18/h4-6,8-9,12-13,19H,7,10-11,14-17H2,1-3H3,(H,25,27). The number of carbonyl (C=O) groups excluding carboxylic acids is 1. The minimum absolute atomic E-state index is 0.0120. The van der Waals surface area contributed by atoms with Crippen LogP contribution in [-0.2, 0) is 17.6 Å². The first-order chi connectivity index (χ1) is 13.8. The molecule has 1 aliphatic rings. The molecule has 1 aliphatic heterocycles. The number of likely N-dealkylation sites (tertiary alicyclic amines) is 1. The summed E-state index contributed by atoms with van der Waals surface area (Å²) in [5.74, 6) is 0.191. The van der Waals surface area contributed by atoms with Gasteiger partial charge in [-0.15, -0.1) is 0 Å². The first-order valence-corrected chi connectivity index (χ1v) is 10.6. The van der Waals surface area contributed by atoms with E-state index in [2.05, 4.69) is 29.2 Å². The minimum atomic E-state index is -0.485. The monoisotopic (exact) mass is 396 g/mol. The number of aryl methyl sites for hydroxylation is 2.